The monoisotopic (exact) mass is 311 g/mol. The Bertz CT molecular complexity index is 526. The molecule has 23 heavy (non-hydrogen) atoms. The highest BCUT2D eigenvalue weighted by Crippen LogP contribution is 2.35. The number of hydrogen-bond donors (Lipinski definition) is 0. The van der Waals surface area contributed by atoms with Gasteiger partial charge in [-0.1, -0.05) is 37.3 Å². The molecule has 2 aliphatic rings. The minimum absolute atomic E-state index is 0.264. The van der Waals surface area contributed by atoms with Crippen molar-refractivity contribution in [3.63, 3.8) is 0 Å². The van der Waals surface area contributed by atoms with Crippen LogP contribution in [-0.2, 0) is 5.41 Å². The normalized spacial score (nSPS) is 25.8. The van der Waals surface area contributed by atoms with Gasteiger partial charge in [0.1, 0.15) is 0 Å². The van der Waals surface area contributed by atoms with E-state index in [4.69, 9.17) is 0 Å². The molecule has 0 bridgehead atoms. The molecule has 0 radical (unpaired) electrons. The summed E-state index contributed by atoms with van der Waals surface area (Å²) in [5.41, 5.74) is 0.941. The molecule has 0 aromatic heterocycles. The zero-order chi connectivity index (χ0) is 16.1. The Kier molecular flexibility index (Phi) is 5.35. The molecule has 2 saturated heterocycles. The number of nitriles is 1. The lowest BCUT2D eigenvalue weighted by atomic mass is 9.74. The highest BCUT2D eigenvalue weighted by molar-refractivity contribution is 5.33. The van der Waals surface area contributed by atoms with Crippen LogP contribution in [0.2, 0.25) is 0 Å². The van der Waals surface area contributed by atoms with Gasteiger partial charge in [0.15, 0.2) is 0 Å². The van der Waals surface area contributed by atoms with E-state index in [1.807, 2.05) is 6.07 Å². The number of hydrogen-bond acceptors (Lipinski definition) is 3. The summed E-state index contributed by atoms with van der Waals surface area (Å²) in [5.74, 6) is 0.815. The summed E-state index contributed by atoms with van der Waals surface area (Å²) in [5, 5.41) is 9.79. The Labute approximate surface area is 140 Å². The second kappa shape index (κ2) is 7.47. The van der Waals surface area contributed by atoms with Gasteiger partial charge in [-0.05, 0) is 63.3 Å². The molecule has 3 rings (SSSR count). The fraction of sp³-hybridized carbons (Fsp3) is 0.650. The molecule has 3 heteroatoms. The zero-order valence-corrected chi connectivity index (χ0v) is 14.4. The van der Waals surface area contributed by atoms with Crippen LogP contribution in [0.25, 0.3) is 0 Å². The Morgan fingerprint density at radius 3 is 2.52 bits per heavy atom. The van der Waals surface area contributed by atoms with Gasteiger partial charge in [-0.3, -0.25) is 0 Å². The van der Waals surface area contributed by atoms with Gasteiger partial charge in [0.05, 0.1) is 11.5 Å². The molecular formula is C20H29N3. The lowest BCUT2D eigenvalue weighted by Crippen LogP contribution is -2.46. The van der Waals surface area contributed by atoms with Crippen molar-refractivity contribution in [2.75, 3.05) is 39.3 Å². The minimum Gasteiger partial charge on any atom is -0.303 e. The van der Waals surface area contributed by atoms with Crippen LogP contribution in [-0.4, -0.2) is 49.1 Å². The SMILES string of the molecule is CCN1CCC[C@H](CN2CCC(C#N)(c3ccccc3)CC2)C1. The molecule has 0 aliphatic carbocycles. The van der Waals surface area contributed by atoms with Gasteiger partial charge in [-0.15, -0.1) is 0 Å². The van der Waals surface area contributed by atoms with Crippen molar-refractivity contribution in [2.45, 2.75) is 38.0 Å². The molecule has 3 nitrogen and oxygen atoms in total. The van der Waals surface area contributed by atoms with Crippen LogP contribution in [0, 0.1) is 17.2 Å². The third kappa shape index (κ3) is 3.76. The van der Waals surface area contributed by atoms with Gasteiger partial charge in [-0.2, -0.15) is 5.26 Å². The molecule has 2 aliphatic heterocycles. The Hall–Kier alpha value is -1.37. The van der Waals surface area contributed by atoms with Crippen LogP contribution in [0.1, 0.15) is 38.2 Å². The van der Waals surface area contributed by atoms with E-state index in [1.54, 1.807) is 0 Å². The fourth-order valence-electron chi connectivity index (χ4n) is 4.29. The maximum Gasteiger partial charge on any atom is 0.0846 e. The average Bonchev–Trinajstić information content (AvgIpc) is 2.63. The molecule has 0 saturated carbocycles. The molecule has 1 atom stereocenters. The van der Waals surface area contributed by atoms with E-state index in [2.05, 4.69) is 47.1 Å². The van der Waals surface area contributed by atoms with Crippen molar-refractivity contribution in [3.8, 4) is 6.07 Å². The first-order valence-corrected chi connectivity index (χ1v) is 9.17. The summed E-state index contributed by atoms with van der Waals surface area (Å²) in [7, 11) is 0. The van der Waals surface area contributed by atoms with Gasteiger partial charge in [0, 0.05) is 13.1 Å². The summed E-state index contributed by atoms with van der Waals surface area (Å²) in [6.07, 6.45) is 4.66. The van der Waals surface area contributed by atoms with Crippen LogP contribution in [0.3, 0.4) is 0 Å². The van der Waals surface area contributed by atoms with E-state index in [0.717, 1.165) is 31.8 Å². The number of benzene rings is 1. The molecule has 2 heterocycles. The second-order valence-electron chi connectivity index (χ2n) is 7.26. The molecule has 124 valence electrons. The zero-order valence-electron chi connectivity index (χ0n) is 14.4. The maximum absolute atomic E-state index is 9.79. The summed E-state index contributed by atoms with van der Waals surface area (Å²) in [6.45, 7) is 9.32. The van der Waals surface area contributed by atoms with Crippen molar-refractivity contribution >= 4 is 0 Å². The van der Waals surface area contributed by atoms with Gasteiger partial charge in [0.2, 0.25) is 0 Å². The van der Waals surface area contributed by atoms with Crippen LogP contribution < -0.4 is 0 Å². The topological polar surface area (TPSA) is 30.3 Å². The van der Waals surface area contributed by atoms with Crippen LogP contribution in [0.15, 0.2) is 30.3 Å². The lowest BCUT2D eigenvalue weighted by molar-refractivity contribution is 0.113. The molecule has 2 fully saturated rings. The van der Waals surface area contributed by atoms with Crippen LogP contribution in [0.4, 0.5) is 0 Å². The minimum atomic E-state index is -0.264. The third-order valence-corrected chi connectivity index (χ3v) is 5.82. The summed E-state index contributed by atoms with van der Waals surface area (Å²) in [4.78, 5) is 5.18. The van der Waals surface area contributed by atoms with E-state index in [1.165, 1.54) is 44.6 Å². The molecule has 0 unspecified atom stereocenters. The Balaban J connectivity index is 1.57. The van der Waals surface area contributed by atoms with Crippen molar-refractivity contribution < 1.29 is 0 Å². The van der Waals surface area contributed by atoms with Crippen LogP contribution >= 0.6 is 0 Å². The molecular weight excluding hydrogens is 282 g/mol. The first-order chi connectivity index (χ1) is 11.3. The molecule has 1 aromatic carbocycles. The van der Waals surface area contributed by atoms with Gasteiger partial charge in [0.25, 0.3) is 0 Å². The number of rotatable bonds is 4. The largest absolute Gasteiger partial charge is 0.303 e. The predicted molar refractivity (Wildman–Crippen MR) is 94.2 cm³/mol. The number of nitrogens with zero attached hydrogens (tertiary/aromatic N) is 3. The Morgan fingerprint density at radius 1 is 1.13 bits per heavy atom. The highest BCUT2D eigenvalue weighted by atomic mass is 15.2. The number of likely N-dealkylation sites (tertiary alicyclic amines) is 2. The highest BCUT2D eigenvalue weighted by Gasteiger charge is 2.36. The van der Waals surface area contributed by atoms with E-state index < -0.39 is 0 Å². The van der Waals surface area contributed by atoms with E-state index in [9.17, 15) is 5.26 Å². The molecule has 1 aromatic rings. The Morgan fingerprint density at radius 2 is 1.87 bits per heavy atom. The second-order valence-corrected chi connectivity index (χ2v) is 7.26. The first-order valence-electron chi connectivity index (χ1n) is 9.17. The standard InChI is InChI=1S/C20H29N3/c1-2-22-12-6-7-18(15-22)16-23-13-10-20(17-21,11-14-23)19-8-4-3-5-9-19/h3-5,8-9,18H,2,6-7,10-16H2,1H3/t18-/m0/s1. The summed E-state index contributed by atoms with van der Waals surface area (Å²) >= 11 is 0. The third-order valence-electron chi connectivity index (χ3n) is 5.82. The smallest absolute Gasteiger partial charge is 0.0846 e. The summed E-state index contributed by atoms with van der Waals surface area (Å²) < 4.78 is 0. The van der Waals surface area contributed by atoms with Crippen molar-refractivity contribution in [3.05, 3.63) is 35.9 Å². The van der Waals surface area contributed by atoms with E-state index in [0.29, 0.717) is 0 Å². The van der Waals surface area contributed by atoms with E-state index >= 15 is 0 Å². The van der Waals surface area contributed by atoms with Crippen molar-refractivity contribution in [1.82, 2.24) is 9.80 Å². The fourth-order valence-corrected chi connectivity index (χ4v) is 4.29. The molecule has 0 amide bonds. The molecule has 0 spiro atoms. The number of piperidine rings is 2. The quantitative estimate of drug-likeness (QED) is 0.855. The molecule has 0 N–H and O–H groups in total. The predicted octanol–water partition coefficient (Wildman–Crippen LogP) is 3.28. The van der Waals surface area contributed by atoms with Crippen molar-refractivity contribution in [2.24, 2.45) is 5.92 Å². The van der Waals surface area contributed by atoms with Gasteiger partial charge < -0.3 is 9.80 Å². The maximum atomic E-state index is 9.79. The average molecular weight is 311 g/mol. The van der Waals surface area contributed by atoms with Gasteiger partial charge >= 0.3 is 0 Å². The van der Waals surface area contributed by atoms with E-state index in [-0.39, 0.29) is 5.41 Å². The first kappa shape index (κ1) is 16.5. The van der Waals surface area contributed by atoms with Crippen LogP contribution in [0.5, 0.6) is 0 Å². The summed E-state index contributed by atoms with van der Waals surface area (Å²) in [6, 6.07) is 13.0. The van der Waals surface area contributed by atoms with Gasteiger partial charge in [-0.25, -0.2) is 0 Å². The van der Waals surface area contributed by atoms with Crippen molar-refractivity contribution in [1.29, 1.82) is 5.26 Å². The lowest BCUT2D eigenvalue weighted by Gasteiger charge is -2.40.